The first-order valence-electron chi connectivity index (χ1n) is 10.2. The summed E-state index contributed by atoms with van der Waals surface area (Å²) in [5, 5.41) is 15.3. The molecule has 5 rings (SSSR count). The van der Waals surface area contributed by atoms with Gasteiger partial charge in [0.15, 0.2) is 0 Å². The molecule has 7 nitrogen and oxygen atoms in total. The van der Waals surface area contributed by atoms with Gasteiger partial charge in [-0.05, 0) is 54.9 Å². The lowest BCUT2D eigenvalue weighted by Crippen LogP contribution is -2.32. The van der Waals surface area contributed by atoms with Crippen molar-refractivity contribution in [1.29, 1.82) is 0 Å². The molecule has 148 valence electrons. The summed E-state index contributed by atoms with van der Waals surface area (Å²) in [6, 6.07) is 1.90. The number of likely N-dealkylation sites (tertiary alicyclic amines) is 1. The summed E-state index contributed by atoms with van der Waals surface area (Å²) in [5.74, 6) is 2.01. The second-order valence-electron chi connectivity index (χ2n) is 8.48. The lowest BCUT2D eigenvalue weighted by atomic mass is 9.80. The third-order valence-corrected chi connectivity index (χ3v) is 7.20. The molecule has 2 aliphatic heterocycles. The fourth-order valence-electron chi connectivity index (χ4n) is 4.50. The van der Waals surface area contributed by atoms with Crippen LogP contribution in [-0.4, -0.2) is 51.1 Å². The first-order valence-corrected chi connectivity index (χ1v) is 11.1. The van der Waals surface area contributed by atoms with E-state index < -0.39 is 0 Å². The fraction of sp³-hybridized carbons (Fsp3) is 0.600. The maximum atomic E-state index is 12.7. The third kappa shape index (κ3) is 3.34. The number of hydrogen-bond donors (Lipinski definition) is 1. The van der Waals surface area contributed by atoms with Gasteiger partial charge in [-0.3, -0.25) is 9.59 Å². The summed E-state index contributed by atoms with van der Waals surface area (Å²) < 4.78 is 2.00. The molecule has 2 fully saturated rings. The highest BCUT2D eigenvalue weighted by molar-refractivity contribution is 7.08. The van der Waals surface area contributed by atoms with Crippen molar-refractivity contribution in [1.82, 2.24) is 25.0 Å². The van der Waals surface area contributed by atoms with Gasteiger partial charge in [0.1, 0.15) is 5.82 Å². The van der Waals surface area contributed by atoms with E-state index in [4.69, 9.17) is 0 Å². The van der Waals surface area contributed by atoms with Gasteiger partial charge in [-0.15, -0.1) is 10.2 Å². The molecule has 2 aromatic heterocycles. The fourth-order valence-corrected chi connectivity index (χ4v) is 5.13. The van der Waals surface area contributed by atoms with Gasteiger partial charge in [-0.1, -0.05) is 0 Å². The molecule has 1 saturated heterocycles. The standard InChI is InChI=1S/C20H25N5O2S/c26-18(21-11-14-1-2-14)17-23-22-16-3-5-20(7-9-25(16)17)6-8-24(13-20)19(27)15-4-10-28-12-15/h4,10,12,14H,1-3,5-9,11,13H2,(H,21,26)/t20-/m0/s1. The van der Waals surface area contributed by atoms with Crippen molar-refractivity contribution in [3.05, 3.63) is 34.0 Å². The van der Waals surface area contributed by atoms with Crippen molar-refractivity contribution >= 4 is 23.2 Å². The topological polar surface area (TPSA) is 80.1 Å². The highest BCUT2D eigenvalue weighted by Gasteiger charge is 2.41. The number of aryl methyl sites for hydroxylation is 1. The molecular formula is C20H25N5O2S. The van der Waals surface area contributed by atoms with Crippen LogP contribution in [0.2, 0.25) is 0 Å². The van der Waals surface area contributed by atoms with Crippen molar-refractivity contribution in [2.75, 3.05) is 19.6 Å². The van der Waals surface area contributed by atoms with Crippen LogP contribution in [0.4, 0.5) is 0 Å². The molecule has 1 atom stereocenters. The van der Waals surface area contributed by atoms with E-state index in [2.05, 4.69) is 15.5 Å². The molecule has 0 bridgehead atoms. The predicted octanol–water partition coefficient (Wildman–Crippen LogP) is 2.35. The molecule has 1 saturated carbocycles. The third-order valence-electron chi connectivity index (χ3n) is 6.52. The van der Waals surface area contributed by atoms with Crippen molar-refractivity contribution in [2.24, 2.45) is 11.3 Å². The first-order chi connectivity index (χ1) is 13.6. The summed E-state index contributed by atoms with van der Waals surface area (Å²) in [7, 11) is 0. The second kappa shape index (κ2) is 6.99. The first kappa shape index (κ1) is 17.8. The van der Waals surface area contributed by atoms with Crippen LogP contribution in [0.5, 0.6) is 0 Å². The summed E-state index contributed by atoms with van der Waals surface area (Å²) in [6.45, 7) is 3.09. The summed E-state index contributed by atoms with van der Waals surface area (Å²) in [6.07, 6.45) is 6.19. The zero-order valence-electron chi connectivity index (χ0n) is 15.9. The average Bonchev–Trinajstić information content (AvgIpc) is 3.10. The van der Waals surface area contributed by atoms with Gasteiger partial charge in [0.25, 0.3) is 11.8 Å². The smallest absolute Gasteiger partial charge is 0.289 e. The monoisotopic (exact) mass is 399 g/mol. The van der Waals surface area contributed by atoms with Gasteiger partial charge in [-0.2, -0.15) is 11.3 Å². The van der Waals surface area contributed by atoms with Crippen molar-refractivity contribution < 1.29 is 9.59 Å². The highest BCUT2D eigenvalue weighted by atomic mass is 32.1. The van der Waals surface area contributed by atoms with E-state index in [-0.39, 0.29) is 17.2 Å². The molecular weight excluding hydrogens is 374 g/mol. The number of rotatable bonds is 4. The number of thiophene rings is 1. The van der Waals surface area contributed by atoms with Crippen molar-refractivity contribution in [3.8, 4) is 0 Å². The number of amides is 2. The van der Waals surface area contributed by atoms with E-state index in [0.717, 1.165) is 63.3 Å². The number of nitrogens with zero attached hydrogens (tertiary/aromatic N) is 4. The largest absolute Gasteiger partial charge is 0.349 e. The number of aromatic nitrogens is 3. The Morgan fingerprint density at radius 2 is 2.07 bits per heavy atom. The molecule has 8 heteroatoms. The Bertz CT molecular complexity index is 889. The lowest BCUT2D eigenvalue weighted by Gasteiger charge is -2.27. The molecule has 0 radical (unpaired) electrons. The van der Waals surface area contributed by atoms with Crippen LogP contribution in [0, 0.1) is 11.3 Å². The van der Waals surface area contributed by atoms with E-state index in [1.807, 2.05) is 26.3 Å². The molecule has 0 aromatic carbocycles. The SMILES string of the molecule is O=C(NCC1CC1)c1nnc2n1CC[C@]1(CC2)CCN(C(=O)c2ccsc2)C1. The Hall–Kier alpha value is -2.22. The Labute approximate surface area is 168 Å². The zero-order chi connectivity index (χ0) is 19.1. The number of fused-ring (bicyclic) bond motifs is 1. The van der Waals surface area contributed by atoms with Crippen LogP contribution in [0.15, 0.2) is 16.8 Å². The minimum absolute atomic E-state index is 0.109. The Morgan fingerprint density at radius 3 is 2.86 bits per heavy atom. The highest BCUT2D eigenvalue weighted by Crippen LogP contribution is 2.41. The Balaban J connectivity index is 1.26. The minimum Gasteiger partial charge on any atom is -0.349 e. The summed E-state index contributed by atoms with van der Waals surface area (Å²) in [5.41, 5.74) is 0.913. The quantitative estimate of drug-likeness (QED) is 0.856. The van der Waals surface area contributed by atoms with Gasteiger partial charge in [0.2, 0.25) is 5.82 Å². The van der Waals surface area contributed by atoms with E-state index in [9.17, 15) is 9.59 Å². The van der Waals surface area contributed by atoms with E-state index >= 15 is 0 Å². The van der Waals surface area contributed by atoms with Gasteiger partial charge >= 0.3 is 0 Å². The molecule has 1 N–H and O–H groups in total. The molecule has 2 aromatic rings. The Morgan fingerprint density at radius 1 is 1.21 bits per heavy atom. The molecule has 1 aliphatic carbocycles. The van der Waals surface area contributed by atoms with Crippen LogP contribution in [0.25, 0.3) is 0 Å². The maximum absolute atomic E-state index is 12.7. The summed E-state index contributed by atoms with van der Waals surface area (Å²) in [4.78, 5) is 27.2. The predicted molar refractivity (Wildman–Crippen MR) is 105 cm³/mol. The zero-order valence-corrected chi connectivity index (χ0v) is 16.7. The van der Waals surface area contributed by atoms with Gasteiger partial charge < -0.3 is 14.8 Å². The van der Waals surface area contributed by atoms with E-state index in [1.54, 1.807) is 11.3 Å². The molecule has 4 heterocycles. The van der Waals surface area contributed by atoms with Crippen LogP contribution in [0.1, 0.15) is 58.9 Å². The Kier molecular flexibility index (Phi) is 4.45. The average molecular weight is 400 g/mol. The molecule has 0 unspecified atom stereocenters. The molecule has 28 heavy (non-hydrogen) atoms. The maximum Gasteiger partial charge on any atom is 0.289 e. The van der Waals surface area contributed by atoms with Crippen LogP contribution in [0.3, 0.4) is 0 Å². The van der Waals surface area contributed by atoms with Gasteiger partial charge in [0, 0.05) is 38.0 Å². The second-order valence-corrected chi connectivity index (χ2v) is 9.26. The van der Waals surface area contributed by atoms with Crippen LogP contribution >= 0.6 is 11.3 Å². The molecule has 1 spiro atoms. The van der Waals surface area contributed by atoms with E-state index in [0.29, 0.717) is 11.7 Å². The lowest BCUT2D eigenvalue weighted by molar-refractivity contribution is 0.0767. The van der Waals surface area contributed by atoms with E-state index in [1.165, 1.54) is 12.8 Å². The number of nitrogens with one attached hydrogen (secondary N) is 1. The van der Waals surface area contributed by atoms with Gasteiger partial charge in [0.05, 0.1) is 5.56 Å². The minimum atomic E-state index is -0.109. The molecule has 3 aliphatic rings. The number of carbonyl (C=O) groups excluding carboxylic acids is 2. The molecule has 2 amide bonds. The van der Waals surface area contributed by atoms with Crippen LogP contribution in [-0.2, 0) is 13.0 Å². The number of carbonyl (C=O) groups is 2. The number of hydrogen-bond acceptors (Lipinski definition) is 5. The summed E-state index contributed by atoms with van der Waals surface area (Å²) >= 11 is 1.56. The normalized spacial score (nSPS) is 24.2. The van der Waals surface area contributed by atoms with Crippen LogP contribution < -0.4 is 5.32 Å². The van der Waals surface area contributed by atoms with Gasteiger partial charge in [-0.25, -0.2) is 0 Å². The van der Waals surface area contributed by atoms with Crippen molar-refractivity contribution in [3.63, 3.8) is 0 Å². The van der Waals surface area contributed by atoms with Crippen molar-refractivity contribution in [2.45, 2.75) is 45.1 Å².